The number of amides is 2. The lowest BCUT2D eigenvalue weighted by Gasteiger charge is -2.34. The molecule has 0 heterocycles. The van der Waals surface area contributed by atoms with Crippen LogP contribution in [0.3, 0.4) is 0 Å². The first-order valence-electron chi connectivity index (χ1n) is 15.5. The van der Waals surface area contributed by atoms with E-state index in [1.807, 2.05) is 88.4 Å². The molecule has 0 spiro atoms. The van der Waals surface area contributed by atoms with Crippen LogP contribution in [0.15, 0.2) is 100 Å². The van der Waals surface area contributed by atoms with Crippen LogP contribution in [0.1, 0.15) is 36.1 Å². The molecule has 9 nitrogen and oxygen atoms in total. The Hall–Kier alpha value is -4.35. The Morgan fingerprint density at radius 1 is 0.812 bits per heavy atom. The summed E-state index contributed by atoms with van der Waals surface area (Å²) in [6.07, 6.45) is 0.230. The van der Waals surface area contributed by atoms with Crippen molar-refractivity contribution in [3.05, 3.63) is 118 Å². The minimum Gasteiger partial charge on any atom is -0.493 e. The highest BCUT2D eigenvalue weighted by atomic mass is 79.9. The molecule has 4 rings (SSSR count). The Kier molecular flexibility index (Phi) is 12.3. The van der Waals surface area contributed by atoms with Crippen LogP contribution in [-0.2, 0) is 32.6 Å². The quantitative estimate of drug-likeness (QED) is 0.160. The van der Waals surface area contributed by atoms with Gasteiger partial charge in [0.1, 0.15) is 12.6 Å². The van der Waals surface area contributed by atoms with Crippen LogP contribution in [0, 0.1) is 13.8 Å². The van der Waals surface area contributed by atoms with E-state index < -0.39 is 28.5 Å². The van der Waals surface area contributed by atoms with E-state index in [0.717, 1.165) is 31.0 Å². The zero-order valence-electron chi connectivity index (χ0n) is 28.1. The molecule has 2 amide bonds. The van der Waals surface area contributed by atoms with E-state index in [4.69, 9.17) is 9.47 Å². The van der Waals surface area contributed by atoms with Gasteiger partial charge >= 0.3 is 0 Å². The third-order valence-corrected chi connectivity index (χ3v) is 9.98. The predicted octanol–water partition coefficient (Wildman–Crippen LogP) is 6.44. The fourth-order valence-electron chi connectivity index (χ4n) is 5.45. The van der Waals surface area contributed by atoms with Crippen molar-refractivity contribution >= 4 is 43.5 Å². The Balaban J connectivity index is 1.85. The molecule has 1 atom stereocenters. The molecule has 4 aromatic rings. The summed E-state index contributed by atoms with van der Waals surface area (Å²) in [5, 5.41) is 2.97. The molecule has 1 N–H and O–H groups in total. The first kappa shape index (κ1) is 36.5. The van der Waals surface area contributed by atoms with E-state index in [2.05, 4.69) is 21.2 Å². The average molecular weight is 737 g/mol. The molecular formula is C37H42BrN3O6S. The fourth-order valence-corrected chi connectivity index (χ4v) is 7.13. The van der Waals surface area contributed by atoms with Gasteiger partial charge in [-0.2, -0.15) is 0 Å². The second-order valence-corrected chi connectivity index (χ2v) is 14.7. The van der Waals surface area contributed by atoms with Gasteiger partial charge in [-0.25, -0.2) is 8.42 Å². The Bertz CT molecular complexity index is 1810. The van der Waals surface area contributed by atoms with Gasteiger partial charge in [-0.05, 0) is 86.3 Å². The van der Waals surface area contributed by atoms with Crippen molar-refractivity contribution in [2.24, 2.45) is 0 Å². The van der Waals surface area contributed by atoms with Crippen LogP contribution in [0.25, 0.3) is 0 Å². The normalized spacial score (nSPS) is 11.9. The molecule has 0 aliphatic heterocycles. The van der Waals surface area contributed by atoms with Gasteiger partial charge in [0.25, 0.3) is 10.0 Å². The molecule has 0 bridgehead atoms. The SMILES string of the molecule is COc1ccc(S(=O)(=O)N(CC(=O)N(Cc2ccc(Br)cc2)[C@@H](Cc2ccccc2)C(=O)NC(C)C)c2cc(C)cc(C)c2)cc1OC. The number of anilines is 1. The number of benzene rings is 4. The largest absolute Gasteiger partial charge is 0.493 e. The van der Waals surface area contributed by atoms with Crippen LogP contribution in [0.5, 0.6) is 11.5 Å². The number of carbonyl (C=O) groups excluding carboxylic acids is 2. The summed E-state index contributed by atoms with van der Waals surface area (Å²) in [5.74, 6) is -0.275. The number of methoxy groups -OCH3 is 2. The van der Waals surface area contributed by atoms with E-state index in [0.29, 0.717) is 11.4 Å². The number of rotatable bonds is 14. The topological polar surface area (TPSA) is 105 Å². The molecule has 0 aromatic heterocycles. The lowest BCUT2D eigenvalue weighted by Crippen LogP contribution is -2.54. The molecule has 0 unspecified atom stereocenters. The highest BCUT2D eigenvalue weighted by Gasteiger charge is 2.35. The van der Waals surface area contributed by atoms with Crippen LogP contribution in [0.2, 0.25) is 0 Å². The van der Waals surface area contributed by atoms with Gasteiger partial charge in [0.2, 0.25) is 11.8 Å². The van der Waals surface area contributed by atoms with Crippen LogP contribution < -0.4 is 19.1 Å². The third-order valence-electron chi connectivity index (χ3n) is 7.68. The summed E-state index contributed by atoms with van der Waals surface area (Å²) >= 11 is 3.46. The molecular weight excluding hydrogens is 694 g/mol. The van der Waals surface area contributed by atoms with Crippen molar-refractivity contribution in [1.82, 2.24) is 10.2 Å². The number of hydrogen-bond acceptors (Lipinski definition) is 6. The smallest absolute Gasteiger partial charge is 0.264 e. The first-order valence-corrected chi connectivity index (χ1v) is 17.8. The van der Waals surface area contributed by atoms with Crippen molar-refractivity contribution < 1.29 is 27.5 Å². The van der Waals surface area contributed by atoms with Gasteiger partial charge in [-0.3, -0.25) is 13.9 Å². The number of aryl methyl sites for hydroxylation is 2. The molecule has 48 heavy (non-hydrogen) atoms. The molecule has 0 saturated heterocycles. The second-order valence-electron chi connectivity index (χ2n) is 11.9. The third kappa shape index (κ3) is 9.17. The van der Waals surface area contributed by atoms with E-state index in [1.165, 1.54) is 37.3 Å². The molecule has 0 radical (unpaired) electrons. The van der Waals surface area contributed by atoms with Gasteiger partial charge in [0, 0.05) is 29.5 Å². The van der Waals surface area contributed by atoms with E-state index in [9.17, 15) is 18.0 Å². The first-order chi connectivity index (χ1) is 22.8. The maximum atomic E-state index is 14.7. The van der Waals surface area contributed by atoms with Gasteiger partial charge in [0.15, 0.2) is 11.5 Å². The van der Waals surface area contributed by atoms with Crippen LogP contribution in [-0.4, -0.2) is 58.0 Å². The highest BCUT2D eigenvalue weighted by Crippen LogP contribution is 2.33. The summed E-state index contributed by atoms with van der Waals surface area (Å²) < 4.78 is 41.7. The van der Waals surface area contributed by atoms with Crippen molar-refractivity contribution in [1.29, 1.82) is 0 Å². The summed E-state index contributed by atoms with van der Waals surface area (Å²) in [6, 6.07) is 25.5. The number of carbonyl (C=O) groups is 2. The molecule has 0 fully saturated rings. The summed E-state index contributed by atoms with van der Waals surface area (Å²) in [7, 11) is -1.44. The maximum Gasteiger partial charge on any atom is 0.264 e. The minimum absolute atomic E-state index is 0.0756. The Labute approximate surface area is 292 Å². The standard InChI is InChI=1S/C37H42BrN3O6S/c1-25(2)39-37(43)33(21-28-10-8-7-9-11-28)40(23-29-12-14-30(38)15-13-29)36(42)24-41(31-19-26(3)18-27(4)20-31)48(44,45)32-16-17-34(46-5)35(22-32)47-6/h7-20,22,25,33H,21,23-24H2,1-6H3,(H,39,43)/t33-/m0/s1. The summed E-state index contributed by atoms with van der Waals surface area (Å²) in [4.78, 5) is 30.0. The summed E-state index contributed by atoms with van der Waals surface area (Å²) in [5.41, 5.74) is 3.62. The average Bonchev–Trinajstić information content (AvgIpc) is 3.05. The molecule has 11 heteroatoms. The van der Waals surface area contributed by atoms with Crippen molar-refractivity contribution in [2.45, 2.75) is 57.6 Å². The van der Waals surface area contributed by atoms with Gasteiger partial charge in [-0.15, -0.1) is 0 Å². The number of sulfonamides is 1. The second kappa shape index (κ2) is 16.2. The summed E-state index contributed by atoms with van der Waals surface area (Å²) in [6.45, 7) is 6.96. The number of halogens is 1. The van der Waals surface area contributed by atoms with Crippen molar-refractivity contribution in [2.75, 3.05) is 25.1 Å². The molecule has 0 aliphatic carbocycles. The number of nitrogens with zero attached hydrogens (tertiary/aromatic N) is 2. The number of ether oxygens (including phenoxy) is 2. The van der Waals surface area contributed by atoms with E-state index in [1.54, 1.807) is 12.1 Å². The number of hydrogen-bond donors (Lipinski definition) is 1. The fraction of sp³-hybridized carbons (Fsp3) is 0.297. The van der Waals surface area contributed by atoms with Crippen LogP contribution in [0.4, 0.5) is 5.69 Å². The van der Waals surface area contributed by atoms with Crippen LogP contribution >= 0.6 is 15.9 Å². The van der Waals surface area contributed by atoms with Gasteiger partial charge in [-0.1, -0.05) is 64.5 Å². The predicted molar refractivity (Wildman–Crippen MR) is 192 cm³/mol. The number of nitrogens with one attached hydrogen (secondary N) is 1. The Morgan fingerprint density at radius 2 is 1.44 bits per heavy atom. The Morgan fingerprint density at radius 3 is 2.02 bits per heavy atom. The zero-order chi connectivity index (χ0) is 35.0. The zero-order valence-corrected chi connectivity index (χ0v) is 30.5. The lowest BCUT2D eigenvalue weighted by molar-refractivity contribution is -0.140. The highest BCUT2D eigenvalue weighted by molar-refractivity contribution is 9.10. The van der Waals surface area contributed by atoms with E-state index in [-0.39, 0.29) is 35.6 Å². The molecule has 0 saturated carbocycles. The maximum absolute atomic E-state index is 14.7. The minimum atomic E-state index is -4.33. The molecule has 0 aliphatic rings. The van der Waals surface area contributed by atoms with Crippen molar-refractivity contribution in [3.8, 4) is 11.5 Å². The molecule has 254 valence electrons. The molecule has 4 aromatic carbocycles. The monoisotopic (exact) mass is 735 g/mol. The van der Waals surface area contributed by atoms with Gasteiger partial charge < -0.3 is 19.7 Å². The van der Waals surface area contributed by atoms with Crippen molar-refractivity contribution in [3.63, 3.8) is 0 Å². The lowest BCUT2D eigenvalue weighted by atomic mass is 10.0. The van der Waals surface area contributed by atoms with Gasteiger partial charge in [0.05, 0.1) is 24.8 Å². The van der Waals surface area contributed by atoms with E-state index >= 15 is 0 Å².